The van der Waals surface area contributed by atoms with Crippen molar-refractivity contribution in [1.82, 2.24) is 9.97 Å². The van der Waals surface area contributed by atoms with Crippen LogP contribution in [0.2, 0.25) is 0 Å². The number of hydrogen-bond donors (Lipinski definition) is 1. The number of rotatable bonds is 4. The molecule has 3 heteroatoms. The van der Waals surface area contributed by atoms with Crippen LogP contribution in [0.25, 0.3) is 0 Å². The second kappa shape index (κ2) is 5.48. The molecule has 0 amide bonds. The van der Waals surface area contributed by atoms with Crippen molar-refractivity contribution in [3.05, 3.63) is 17.1 Å². The van der Waals surface area contributed by atoms with Gasteiger partial charge < -0.3 is 5.32 Å². The molecule has 3 nitrogen and oxygen atoms in total. The lowest BCUT2D eigenvalue weighted by atomic mass is 10.0. The summed E-state index contributed by atoms with van der Waals surface area (Å²) in [6, 6.07) is 0. The lowest BCUT2D eigenvalue weighted by Crippen LogP contribution is -2.11. The number of nitrogens with one attached hydrogen (secondary N) is 1. The number of nitrogens with zero attached hydrogens (tertiary/aromatic N) is 2. The second-order valence-electron chi connectivity index (χ2n) is 6.25. The zero-order valence-electron chi connectivity index (χ0n) is 12.2. The molecule has 0 spiro atoms. The molecule has 19 heavy (non-hydrogen) atoms. The van der Waals surface area contributed by atoms with Gasteiger partial charge in [0.05, 0.1) is 0 Å². The number of aryl methyl sites for hydroxylation is 1. The Hall–Kier alpha value is -1.12. The Bertz CT molecular complexity index is 456. The first-order valence-electron chi connectivity index (χ1n) is 7.91. The van der Waals surface area contributed by atoms with Gasteiger partial charge in [-0.05, 0) is 50.9 Å². The smallest absolute Gasteiger partial charge is 0.134 e. The van der Waals surface area contributed by atoms with Gasteiger partial charge in [-0.2, -0.15) is 0 Å². The van der Waals surface area contributed by atoms with Gasteiger partial charge in [0, 0.05) is 23.7 Å². The molecule has 1 aromatic heterocycles. The van der Waals surface area contributed by atoms with Crippen LogP contribution in [0.3, 0.4) is 0 Å². The molecule has 0 bridgehead atoms. The van der Waals surface area contributed by atoms with Gasteiger partial charge in [-0.25, -0.2) is 9.97 Å². The lowest BCUT2D eigenvalue weighted by molar-refractivity contribution is 0.584. The Labute approximate surface area is 116 Å². The van der Waals surface area contributed by atoms with E-state index in [0.717, 1.165) is 43.4 Å². The van der Waals surface area contributed by atoms with E-state index in [9.17, 15) is 0 Å². The van der Waals surface area contributed by atoms with Gasteiger partial charge in [-0.15, -0.1) is 0 Å². The molecule has 0 aliphatic heterocycles. The first-order valence-corrected chi connectivity index (χ1v) is 7.91. The predicted molar refractivity (Wildman–Crippen MR) is 78.6 cm³/mol. The lowest BCUT2D eigenvalue weighted by Gasteiger charge is -2.14. The van der Waals surface area contributed by atoms with Gasteiger partial charge in [0.15, 0.2) is 0 Å². The van der Waals surface area contributed by atoms with Crippen molar-refractivity contribution in [2.45, 2.75) is 64.7 Å². The van der Waals surface area contributed by atoms with E-state index < -0.39 is 0 Å². The molecular formula is C16H25N3. The van der Waals surface area contributed by atoms with E-state index in [1.165, 1.54) is 36.9 Å². The van der Waals surface area contributed by atoms with E-state index in [1.54, 1.807) is 0 Å². The molecule has 0 saturated heterocycles. The van der Waals surface area contributed by atoms with Crippen LogP contribution >= 0.6 is 0 Å². The van der Waals surface area contributed by atoms with E-state index in [4.69, 9.17) is 9.97 Å². The maximum absolute atomic E-state index is 4.89. The monoisotopic (exact) mass is 259 g/mol. The van der Waals surface area contributed by atoms with E-state index in [-0.39, 0.29) is 0 Å². The Balaban J connectivity index is 1.88. The molecular weight excluding hydrogens is 234 g/mol. The van der Waals surface area contributed by atoms with E-state index in [0.29, 0.717) is 5.92 Å². The normalized spacial score (nSPS) is 25.6. The fourth-order valence-electron chi connectivity index (χ4n) is 3.47. The van der Waals surface area contributed by atoms with Crippen LogP contribution in [-0.2, 0) is 12.8 Å². The highest BCUT2D eigenvalue weighted by molar-refractivity contribution is 5.49. The standard InChI is InChI=1S/C16H25N3/c1-3-9-17-16-13-5-4-6-14(13)18-15(19-16)12-8-7-11(2)10-12/h11-12H,3-10H2,1-2H3,(H,17,18,19). The average molecular weight is 259 g/mol. The van der Waals surface area contributed by atoms with Crippen molar-refractivity contribution < 1.29 is 0 Å². The number of fused-ring (bicyclic) bond motifs is 1. The van der Waals surface area contributed by atoms with Gasteiger partial charge >= 0.3 is 0 Å². The van der Waals surface area contributed by atoms with Gasteiger partial charge in [0.25, 0.3) is 0 Å². The molecule has 2 aliphatic rings. The molecule has 0 radical (unpaired) electrons. The quantitative estimate of drug-likeness (QED) is 0.896. The SMILES string of the molecule is CCCNc1nc(C2CCC(C)C2)nc2c1CCC2. The van der Waals surface area contributed by atoms with Crippen LogP contribution in [-0.4, -0.2) is 16.5 Å². The fourth-order valence-corrected chi connectivity index (χ4v) is 3.47. The molecule has 1 aromatic rings. The van der Waals surface area contributed by atoms with Crippen LogP contribution in [0, 0.1) is 5.92 Å². The Kier molecular flexibility index (Phi) is 3.72. The van der Waals surface area contributed by atoms with Crippen molar-refractivity contribution in [3.8, 4) is 0 Å². The summed E-state index contributed by atoms with van der Waals surface area (Å²) in [7, 11) is 0. The highest BCUT2D eigenvalue weighted by Gasteiger charge is 2.27. The summed E-state index contributed by atoms with van der Waals surface area (Å²) in [5.41, 5.74) is 2.71. The summed E-state index contributed by atoms with van der Waals surface area (Å²) in [6.07, 6.45) is 8.57. The first-order chi connectivity index (χ1) is 9.28. The van der Waals surface area contributed by atoms with Crippen molar-refractivity contribution in [2.24, 2.45) is 5.92 Å². The molecule has 1 heterocycles. The predicted octanol–water partition coefficient (Wildman–Crippen LogP) is 3.69. The molecule has 104 valence electrons. The molecule has 1 N–H and O–H groups in total. The minimum Gasteiger partial charge on any atom is -0.370 e. The first kappa shape index (κ1) is 12.9. The third-order valence-electron chi connectivity index (χ3n) is 4.55. The van der Waals surface area contributed by atoms with Crippen molar-refractivity contribution >= 4 is 5.82 Å². The topological polar surface area (TPSA) is 37.8 Å². The van der Waals surface area contributed by atoms with Crippen LogP contribution < -0.4 is 5.32 Å². The van der Waals surface area contributed by atoms with Crippen LogP contribution in [0.1, 0.15) is 69.0 Å². The maximum atomic E-state index is 4.89. The zero-order chi connectivity index (χ0) is 13.2. The molecule has 3 rings (SSSR count). The van der Waals surface area contributed by atoms with Crippen molar-refractivity contribution in [1.29, 1.82) is 0 Å². The minimum atomic E-state index is 0.600. The third kappa shape index (κ3) is 2.60. The zero-order valence-corrected chi connectivity index (χ0v) is 12.2. The van der Waals surface area contributed by atoms with Gasteiger partial charge in [-0.3, -0.25) is 0 Å². The second-order valence-corrected chi connectivity index (χ2v) is 6.25. The van der Waals surface area contributed by atoms with Crippen LogP contribution in [0.15, 0.2) is 0 Å². The summed E-state index contributed by atoms with van der Waals surface area (Å²) in [6.45, 7) is 5.57. The molecule has 2 aliphatic carbocycles. The maximum Gasteiger partial charge on any atom is 0.134 e. The van der Waals surface area contributed by atoms with Gasteiger partial charge in [-0.1, -0.05) is 13.8 Å². The molecule has 0 aromatic carbocycles. The Morgan fingerprint density at radius 2 is 2.11 bits per heavy atom. The molecule has 2 atom stereocenters. The van der Waals surface area contributed by atoms with E-state index >= 15 is 0 Å². The number of aromatic nitrogens is 2. The van der Waals surface area contributed by atoms with E-state index in [1.807, 2.05) is 0 Å². The summed E-state index contributed by atoms with van der Waals surface area (Å²) in [5, 5.41) is 3.52. The van der Waals surface area contributed by atoms with Crippen molar-refractivity contribution in [2.75, 3.05) is 11.9 Å². The summed E-state index contributed by atoms with van der Waals surface area (Å²) in [5.74, 6) is 3.69. The fraction of sp³-hybridized carbons (Fsp3) is 0.750. The highest BCUT2D eigenvalue weighted by atomic mass is 15.0. The van der Waals surface area contributed by atoms with E-state index in [2.05, 4.69) is 19.2 Å². The number of hydrogen-bond acceptors (Lipinski definition) is 3. The minimum absolute atomic E-state index is 0.600. The highest BCUT2D eigenvalue weighted by Crippen LogP contribution is 2.38. The Morgan fingerprint density at radius 3 is 2.84 bits per heavy atom. The summed E-state index contributed by atoms with van der Waals surface area (Å²) >= 11 is 0. The van der Waals surface area contributed by atoms with Crippen LogP contribution in [0.4, 0.5) is 5.82 Å². The molecule has 1 fully saturated rings. The van der Waals surface area contributed by atoms with Gasteiger partial charge in [0.2, 0.25) is 0 Å². The molecule has 2 unspecified atom stereocenters. The van der Waals surface area contributed by atoms with Crippen LogP contribution in [0.5, 0.6) is 0 Å². The molecule has 1 saturated carbocycles. The Morgan fingerprint density at radius 1 is 1.21 bits per heavy atom. The summed E-state index contributed by atoms with van der Waals surface area (Å²) < 4.78 is 0. The largest absolute Gasteiger partial charge is 0.370 e. The van der Waals surface area contributed by atoms with Crippen molar-refractivity contribution in [3.63, 3.8) is 0 Å². The summed E-state index contributed by atoms with van der Waals surface area (Å²) in [4.78, 5) is 9.76. The number of anilines is 1. The van der Waals surface area contributed by atoms with Gasteiger partial charge in [0.1, 0.15) is 11.6 Å². The average Bonchev–Trinajstić information content (AvgIpc) is 3.03. The third-order valence-corrected chi connectivity index (χ3v) is 4.55.